The Bertz CT molecular complexity index is 261. The molecule has 3 heteroatoms. The second-order valence-corrected chi connectivity index (χ2v) is 2.90. The minimum atomic E-state index is 0.830. The van der Waals surface area contributed by atoms with Gasteiger partial charge in [0.05, 0.1) is 7.17 Å². The minimum Gasteiger partial charge on any atom is -0.258 e. The molecule has 1 rings (SSSR count). The highest BCUT2D eigenvalue weighted by Crippen LogP contribution is 2.06. The van der Waals surface area contributed by atoms with Gasteiger partial charge in [-0.3, -0.25) is 4.98 Å². The maximum Gasteiger partial charge on any atom is 0.0603 e. The van der Waals surface area contributed by atoms with Gasteiger partial charge in [-0.05, 0) is 25.5 Å². The van der Waals surface area contributed by atoms with E-state index in [0.29, 0.717) is 0 Å². The van der Waals surface area contributed by atoms with Gasteiger partial charge in [0, 0.05) is 19.1 Å². The Morgan fingerprint density at radius 3 is 2.83 bits per heavy atom. The summed E-state index contributed by atoms with van der Waals surface area (Å²) in [6.07, 6.45) is 1.82. The normalized spacial score (nSPS) is 9.83. The summed E-state index contributed by atoms with van der Waals surface area (Å²) in [5.74, 6) is 0. The van der Waals surface area contributed by atoms with Crippen LogP contribution in [0.2, 0.25) is 0 Å². The van der Waals surface area contributed by atoms with E-state index < -0.39 is 0 Å². The van der Waals surface area contributed by atoms with Crippen LogP contribution in [0.3, 0.4) is 0 Å². The van der Waals surface area contributed by atoms with Gasteiger partial charge in [-0.1, -0.05) is 18.8 Å². The molecule has 1 heterocycles. The van der Waals surface area contributed by atoms with Crippen molar-refractivity contribution < 1.29 is 0 Å². The van der Waals surface area contributed by atoms with Crippen LogP contribution in [0, 0.1) is 6.92 Å². The second kappa shape index (κ2) is 4.34. The van der Waals surface area contributed by atoms with Crippen molar-refractivity contribution in [1.29, 1.82) is 0 Å². The zero-order chi connectivity index (χ0) is 8.97. The van der Waals surface area contributed by atoms with E-state index in [2.05, 4.69) is 24.0 Å². The molecule has 0 bridgehead atoms. The molecule has 0 aromatic carbocycles. The van der Waals surface area contributed by atoms with Crippen molar-refractivity contribution in [2.75, 3.05) is 0 Å². The predicted octanol–water partition coefficient (Wildman–Crippen LogP) is 1.24. The Morgan fingerprint density at radius 1 is 1.50 bits per heavy atom. The van der Waals surface area contributed by atoms with Crippen LogP contribution >= 0.6 is 0 Å². The van der Waals surface area contributed by atoms with Crippen molar-refractivity contribution in [2.45, 2.75) is 26.6 Å². The van der Waals surface area contributed by atoms with E-state index >= 15 is 0 Å². The molecule has 0 N–H and O–H groups in total. The number of aromatic nitrogens is 1. The van der Waals surface area contributed by atoms with Crippen molar-refractivity contribution in [2.24, 2.45) is 0 Å². The average Bonchev–Trinajstić information content (AvgIpc) is 2.04. The van der Waals surface area contributed by atoms with E-state index in [-0.39, 0.29) is 0 Å². The van der Waals surface area contributed by atoms with E-state index in [1.54, 1.807) is 7.17 Å². The van der Waals surface area contributed by atoms with Crippen molar-refractivity contribution in [3.05, 3.63) is 29.1 Å². The standard InChI is InChI=1S/C9H12B2N/c1-3-9-5-8(6-11-10)4-7(2)12-9/h4-5H,3,6H2,1-2H3. The lowest BCUT2D eigenvalue weighted by Crippen LogP contribution is -1.99. The largest absolute Gasteiger partial charge is 0.258 e. The second-order valence-electron chi connectivity index (χ2n) is 2.90. The number of hydrogen-bond donors (Lipinski definition) is 0. The molecule has 0 unspecified atom stereocenters. The average molecular weight is 156 g/mol. The molecular formula is C9H12B2N. The summed E-state index contributed by atoms with van der Waals surface area (Å²) in [7, 11) is 7.03. The lowest BCUT2D eigenvalue weighted by atomic mass is 9.52. The fourth-order valence-corrected chi connectivity index (χ4v) is 1.25. The van der Waals surface area contributed by atoms with Gasteiger partial charge in [0.25, 0.3) is 0 Å². The molecule has 0 fully saturated rings. The third kappa shape index (κ3) is 2.40. The summed E-state index contributed by atoms with van der Waals surface area (Å²) < 4.78 is 0. The van der Waals surface area contributed by atoms with Crippen molar-refractivity contribution >= 4 is 14.9 Å². The molecule has 0 atom stereocenters. The van der Waals surface area contributed by atoms with Crippen molar-refractivity contribution in [3.63, 3.8) is 0 Å². The third-order valence-electron chi connectivity index (χ3n) is 1.78. The fourth-order valence-electron chi connectivity index (χ4n) is 1.25. The Balaban J connectivity index is 2.90. The van der Waals surface area contributed by atoms with Crippen LogP contribution in [-0.4, -0.2) is 19.9 Å². The predicted molar refractivity (Wildman–Crippen MR) is 53.6 cm³/mol. The summed E-state index contributed by atoms with van der Waals surface area (Å²) in [6, 6.07) is 4.18. The molecule has 1 aromatic rings. The maximum atomic E-state index is 5.36. The van der Waals surface area contributed by atoms with Crippen LogP contribution in [0.5, 0.6) is 0 Å². The van der Waals surface area contributed by atoms with Gasteiger partial charge in [-0.25, -0.2) is 0 Å². The molecule has 0 saturated heterocycles. The minimum absolute atomic E-state index is 0.830. The number of rotatable bonds is 3. The molecule has 0 amide bonds. The molecule has 0 saturated carbocycles. The molecule has 0 aliphatic carbocycles. The van der Waals surface area contributed by atoms with Gasteiger partial charge in [-0.15, -0.1) is 0 Å². The topological polar surface area (TPSA) is 12.9 Å². The number of nitrogens with zero attached hydrogens (tertiary/aromatic N) is 1. The quantitative estimate of drug-likeness (QED) is 0.599. The maximum absolute atomic E-state index is 5.36. The van der Waals surface area contributed by atoms with E-state index in [0.717, 1.165) is 24.1 Å². The molecule has 59 valence electrons. The lowest BCUT2D eigenvalue weighted by molar-refractivity contribution is 0.994. The summed E-state index contributed by atoms with van der Waals surface area (Å²) in [5.41, 5.74) is 3.47. The Labute approximate surface area is 76.2 Å². The highest BCUT2D eigenvalue weighted by molar-refractivity contribution is 6.89. The zero-order valence-corrected chi connectivity index (χ0v) is 7.67. The summed E-state index contributed by atoms with van der Waals surface area (Å²) in [4.78, 5) is 4.38. The molecule has 0 aliphatic rings. The van der Waals surface area contributed by atoms with Crippen LogP contribution in [0.15, 0.2) is 12.1 Å². The highest BCUT2D eigenvalue weighted by Gasteiger charge is 1.97. The number of hydrogen-bond acceptors (Lipinski definition) is 1. The molecule has 0 aliphatic heterocycles. The van der Waals surface area contributed by atoms with Gasteiger partial charge in [-0.2, -0.15) is 0 Å². The molecule has 12 heavy (non-hydrogen) atoms. The molecule has 0 spiro atoms. The Morgan fingerprint density at radius 2 is 2.25 bits per heavy atom. The van der Waals surface area contributed by atoms with E-state index in [4.69, 9.17) is 7.74 Å². The van der Waals surface area contributed by atoms with Crippen LogP contribution < -0.4 is 0 Å². The Hall–Kier alpha value is -0.720. The first kappa shape index (κ1) is 9.37. The van der Waals surface area contributed by atoms with Gasteiger partial charge < -0.3 is 0 Å². The van der Waals surface area contributed by atoms with Crippen molar-refractivity contribution in [3.8, 4) is 0 Å². The van der Waals surface area contributed by atoms with E-state index in [1.165, 1.54) is 5.56 Å². The number of aryl methyl sites for hydroxylation is 2. The van der Waals surface area contributed by atoms with E-state index in [1.807, 2.05) is 6.92 Å². The van der Waals surface area contributed by atoms with Gasteiger partial charge in [0.1, 0.15) is 0 Å². The molecule has 1 aromatic heterocycles. The highest BCUT2D eigenvalue weighted by atomic mass is 14.7. The lowest BCUT2D eigenvalue weighted by Gasteiger charge is -2.03. The summed E-state index contributed by atoms with van der Waals surface area (Å²) in [6.45, 7) is 4.12. The molecule has 3 radical (unpaired) electrons. The van der Waals surface area contributed by atoms with Crippen LogP contribution in [0.4, 0.5) is 0 Å². The molecular weight excluding hydrogens is 144 g/mol. The third-order valence-corrected chi connectivity index (χ3v) is 1.78. The fraction of sp³-hybridized carbons (Fsp3) is 0.444. The zero-order valence-electron chi connectivity index (χ0n) is 7.67. The first-order valence-electron chi connectivity index (χ1n) is 4.26. The Kier molecular flexibility index (Phi) is 3.39. The van der Waals surface area contributed by atoms with E-state index in [9.17, 15) is 0 Å². The molecule has 1 nitrogen and oxygen atoms in total. The van der Waals surface area contributed by atoms with Crippen molar-refractivity contribution in [1.82, 2.24) is 4.98 Å². The monoisotopic (exact) mass is 156 g/mol. The first-order chi connectivity index (χ1) is 5.76. The van der Waals surface area contributed by atoms with Gasteiger partial charge in [0.15, 0.2) is 0 Å². The van der Waals surface area contributed by atoms with Crippen LogP contribution in [-0.2, 0) is 12.7 Å². The number of pyridine rings is 1. The summed E-state index contributed by atoms with van der Waals surface area (Å²) >= 11 is 0. The first-order valence-corrected chi connectivity index (χ1v) is 4.26. The van der Waals surface area contributed by atoms with Crippen LogP contribution in [0.1, 0.15) is 23.9 Å². The smallest absolute Gasteiger partial charge is 0.0603 e. The van der Waals surface area contributed by atoms with Crippen LogP contribution in [0.25, 0.3) is 0 Å². The summed E-state index contributed by atoms with van der Waals surface area (Å²) in [5, 5.41) is 0. The SMILES string of the molecule is [B][B]Cc1cc(C)nc(CC)c1. The van der Waals surface area contributed by atoms with Gasteiger partial charge in [0.2, 0.25) is 0 Å². The van der Waals surface area contributed by atoms with Gasteiger partial charge >= 0.3 is 0 Å².